The highest BCUT2D eigenvalue weighted by atomic mass is 32.2. The Kier molecular flexibility index (Phi) is 6.28. The quantitative estimate of drug-likeness (QED) is 0.536. The molecule has 170 valence electrons. The van der Waals surface area contributed by atoms with Gasteiger partial charge in [-0.15, -0.1) is 11.3 Å². The smallest absolute Gasteiger partial charge is 0.345 e. The van der Waals surface area contributed by atoms with Gasteiger partial charge in [0.25, 0.3) is 0 Å². The van der Waals surface area contributed by atoms with E-state index in [-0.39, 0.29) is 18.0 Å². The van der Waals surface area contributed by atoms with Gasteiger partial charge in [-0.3, -0.25) is 0 Å². The maximum atomic E-state index is 13.0. The van der Waals surface area contributed by atoms with Crippen LogP contribution in [0.3, 0.4) is 0 Å². The van der Waals surface area contributed by atoms with Crippen molar-refractivity contribution < 1.29 is 21.6 Å². The molecule has 1 aromatic heterocycles. The fourth-order valence-electron chi connectivity index (χ4n) is 3.63. The average molecular weight is 482 g/mol. The summed E-state index contributed by atoms with van der Waals surface area (Å²) in [5, 5.41) is 2.83. The van der Waals surface area contributed by atoms with E-state index in [1.54, 1.807) is 0 Å². The number of nitrogens with zero attached hydrogens (tertiary/aromatic N) is 3. The van der Waals surface area contributed by atoms with Crippen molar-refractivity contribution in [3.8, 4) is 0 Å². The van der Waals surface area contributed by atoms with Crippen LogP contribution in [0.1, 0.15) is 22.4 Å². The van der Waals surface area contributed by atoms with E-state index in [0.29, 0.717) is 19.2 Å². The SMILES string of the molecule is Cc1ccccc1Cc1csc(N2CCN(S(=O)(=O)c3cccc(C(F)(F)F)c3)CC2)n1. The van der Waals surface area contributed by atoms with Gasteiger partial charge in [0.2, 0.25) is 10.0 Å². The van der Waals surface area contributed by atoms with Crippen molar-refractivity contribution in [2.45, 2.75) is 24.4 Å². The van der Waals surface area contributed by atoms with Gasteiger partial charge >= 0.3 is 6.18 Å². The number of benzene rings is 2. The van der Waals surface area contributed by atoms with Crippen LogP contribution in [0.15, 0.2) is 58.8 Å². The third-order valence-electron chi connectivity index (χ3n) is 5.48. The molecule has 1 aliphatic heterocycles. The van der Waals surface area contributed by atoms with Gasteiger partial charge in [-0.1, -0.05) is 30.3 Å². The summed E-state index contributed by atoms with van der Waals surface area (Å²) in [5.74, 6) is 0. The van der Waals surface area contributed by atoms with Crippen molar-refractivity contribution in [2.24, 2.45) is 0 Å². The molecule has 0 unspecified atom stereocenters. The molecule has 0 N–H and O–H groups in total. The molecule has 2 aromatic carbocycles. The predicted octanol–water partition coefficient (Wildman–Crippen LogP) is 4.57. The fourth-order valence-corrected chi connectivity index (χ4v) is 5.98. The molecule has 5 nitrogen and oxygen atoms in total. The number of hydrogen-bond acceptors (Lipinski definition) is 5. The topological polar surface area (TPSA) is 53.5 Å². The third kappa shape index (κ3) is 4.82. The highest BCUT2D eigenvalue weighted by molar-refractivity contribution is 7.89. The predicted molar refractivity (Wildman–Crippen MR) is 119 cm³/mol. The lowest BCUT2D eigenvalue weighted by Crippen LogP contribution is -2.48. The molecule has 2 heterocycles. The Bertz CT molecular complexity index is 1200. The van der Waals surface area contributed by atoms with Gasteiger partial charge in [-0.2, -0.15) is 17.5 Å². The Balaban J connectivity index is 1.42. The first-order valence-electron chi connectivity index (χ1n) is 10.1. The molecule has 4 rings (SSSR count). The number of alkyl halides is 3. The van der Waals surface area contributed by atoms with Gasteiger partial charge in [0, 0.05) is 38.0 Å². The molecule has 0 bridgehead atoms. The van der Waals surface area contributed by atoms with Crippen molar-refractivity contribution in [2.75, 3.05) is 31.1 Å². The second-order valence-corrected chi connectivity index (χ2v) is 10.4. The molecule has 1 aliphatic rings. The van der Waals surface area contributed by atoms with Crippen LogP contribution >= 0.6 is 11.3 Å². The number of sulfonamides is 1. The molecule has 1 fully saturated rings. The highest BCUT2D eigenvalue weighted by Crippen LogP contribution is 2.31. The first-order chi connectivity index (χ1) is 15.1. The lowest BCUT2D eigenvalue weighted by Gasteiger charge is -2.33. The summed E-state index contributed by atoms with van der Waals surface area (Å²) < 4.78 is 65.9. The average Bonchev–Trinajstić information content (AvgIpc) is 3.23. The molecule has 0 amide bonds. The van der Waals surface area contributed by atoms with Gasteiger partial charge in [-0.05, 0) is 36.2 Å². The number of anilines is 1. The number of thiazole rings is 1. The molecule has 0 aliphatic carbocycles. The van der Waals surface area contributed by atoms with E-state index in [1.807, 2.05) is 22.4 Å². The zero-order chi connectivity index (χ0) is 22.9. The molecule has 32 heavy (non-hydrogen) atoms. The fraction of sp³-hybridized carbons (Fsp3) is 0.318. The maximum absolute atomic E-state index is 13.0. The van der Waals surface area contributed by atoms with Gasteiger partial charge in [0.15, 0.2) is 5.13 Å². The van der Waals surface area contributed by atoms with Crippen LogP contribution in [0, 0.1) is 6.92 Å². The largest absolute Gasteiger partial charge is 0.416 e. The molecule has 0 radical (unpaired) electrons. The Morgan fingerprint density at radius 3 is 2.44 bits per heavy atom. The summed E-state index contributed by atoms with van der Waals surface area (Å²) in [6.07, 6.45) is -3.86. The minimum atomic E-state index is -4.59. The minimum absolute atomic E-state index is 0.186. The molecular formula is C22H22F3N3O2S2. The summed E-state index contributed by atoms with van der Waals surface area (Å²) >= 11 is 1.51. The molecule has 0 spiro atoms. The van der Waals surface area contributed by atoms with Crippen LogP contribution < -0.4 is 4.90 Å². The third-order valence-corrected chi connectivity index (χ3v) is 8.33. The first kappa shape index (κ1) is 22.8. The van der Waals surface area contributed by atoms with Crippen molar-refractivity contribution in [1.29, 1.82) is 0 Å². The Morgan fingerprint density at radius 1 is 1.03 bits per heavy atom. The number of aryl methyl sites for hydroxylation is 1. The number of piperazine rings is 1. The minimum Gasteiger partial charge on any atom is -0.345 e. The number of rotatable bonds is 5. The highest BCUT2D eigenvalue weighted by Gasteiger charge is 2.34. The van der Waals surface area contributed by atoms with Gasteiger partial charge in [0.05, 0.1) is 16.2 Å². The summed E-state index contributed by atoms with van der Waals surface area (Å²) in [7, 11) is -4.00. The second kappa shape index (κ2) is 8.84. The lowest BCUT2D eigenvalue weighted by molar-refractivity contribution is -0.137. The molecule has 0 atom stereocenters. The molecular weight excluding hydrogens is 459 g/mol. The van der Waals surface area contributed by atoms with E-state index in [1.165, 1.54) is 32.8 Å². The second-order valence-electron chi connectivity index (χ2n) is 7.64. The number of aromatic nitrogens is 1. The summed E-state index contributed by atoms with van der Waals surface area (Å²) in [5.41, 5.74) is 2.40. The van der Waals surface area contributed by atoms with Gasteiger partial charge in [-0.25, -0.2) is 13.4 Å². The van der Waals surface area contributed by atoms with Crippen molar-refractivity contribution in [3.05, 3.63) is 76.3 Å². The maximum Gasteiger partial charge on any atom is 0.416 e. The Labute approximate surface area is 189 Å². The van der Waals surface area contributed by atoms with E-state index in [9.17, 15) is 21.6 Å². The van der Waals surface area contributed by atoms with Gasteiger partial charge < -0.3 is 4.90 Å². The standard InChI is InChI=1S/C22H22F3N3O2S2/c1-16-5-2-3-6-17(16)13-19-15-31-21(26-19)27-9-11-28(12-10-27)32(29,30)20-8-4-7-18(14-20)22(23,24)25/h2-8,14-15H,9-13H2,1H3. The zero-order valence-corrected chi connectivity index (χ0v) is 19.0. The molecule has 1 saturated heterocycles. The van der Waals surface area contributed by atoms with E-state index < -0.39 is 21.8 Å². The van der Waals surface area contributed by atoms with Crippen LogP contribution in [0.4, 0.5) is 18.3 Å². The van der Waals surface area contributed by atoms with E-state index in [4.69, 9.17) is 4.98 Å². The summed E-state index contributed by atoms with van der Waals surface area (Å²) in [4.78, 5) is 6.39. The molecule has 10 heteroatoms. The van der Waals surface area contributed by atoms with Crippen LogP contribution in [0.5, 0.6) is 0 Å². The lowest BCUT2D eigenvalue weighted by atomic mass is 10.1. The zero-order valence-electron chi connectivity index (χ0n) is 17.3. The Hall–Kier alpha value is -2.43. The van der Waals surface area contributed by atoms with Crippen molar-refractivity contribution in [3.63, 3.8) is 0 Å². The van der Waals surface area contributed by atoms with Crippen molar-refractivity contribution >= 4 is 26.5 Å². The Morgan fingerprint density at radius 2 is 1.75 bits per heavy atom. The summed E-state index contributed by atoms with van der Waals surface area (Å²) in [6, 6.07) is 12.0. The molecule has 3 aromatic rings. The van der Waals surface area contributed by atoms with E-state index in [2.05, 4.69) is 19.1 Å². The van der Waals surface area contributed by atoms with Gasteiger partial charge in [0.1, 0.15) is 0 Å². The van der Waals surface area contributed by atoms with Crippen LogP contribution in [-0.4, -0.2) is 43.9 Å². The number of halogens is 3. The van der Waals surface area contributed by atoms with Crippen molar-refractivity contribution in [1.82, 2.24) is 9.29 Å². The van der Waals surface area contributed by atoms with Crippen LogP contribution in [0.2, 0.25) is 0 Å². The normalized spacial score (nSPS) is 15.8. The van der Waals surface area contributed by atoms with Crippen LogP contribution in [0.25, 0.3) is 0 Å². The summed E-state index contributed by atoms with van der Waals surface area (Å²) in [6.45, 7) is 3.29. The molecule has 0 saturated carbocycles. The van der Waals surface area contributed by atoms with E-state index >= 15 is 0 Å². The monoisotopic (exact) mass is 481 g/mol. The van der Waals surface area contributed by atoms with E-state index in [0.717, 1.165) is 29.4 Å². The number of hydrogen-bond donors (Lipinski definition) is 0. The first-order valence-corrected chi connectivity index (χ1v) is 12.4. The van der Waals surface area contributed by atoms with Crippen LogP contribution in [-0.2, 0) is 22.6 Å².